The summed E-state index contributed by atoms with van der Waals surface area (Å²) in [5.74, 6) is -0.817. The number of imide groups is 1. The van der Waals surface area contributed by atoms with Gasteiger partial charge in [0.1, 0.15) is 6.04 Å². The van der Waals surface area contributed by atoms with Crippen LogP contribution < -0.4 is 20.9 Å². The number of rotatable bonds is 5. The van der Waals surface area contributed by atoms with Crippen molar-refractivity contribution in [2.24, 2.45) is 0 Å². The van der Waals surface area contributed by atoms with Crippen LogP contribution in [0, 0.1) is 0 Å². The number of benzene rings is 1. The van der Waals surface area contributed by atoms with Crippen molar-refractivity contribution < 1.29 is 14.4 Å². The van der Waals surface area contributed by atoms with Gasteiger partial charge in [-0.3, -0.25) is 24.7 Å². The Morgan fingerprint density at radius 2 is 1.94 bits per heavy atom. The van der Waals surface area contributed by atoms with Gasteiger partial charge in [-0.15, -0.1) is 0 Å². The highest BCUT2D eigenvalue weighted by molar-refractivity contribution is 6.05. The van der Waals surface area contributed by atoms with E-state index in [1.807, 2.05) is 30.6 Å². The maximum Gasteiger partial charge on any atom is 0.255 e. The van der Waals surface area contributed by atoms with E-state index < -0.39 is 6.04 Å². The van der Waals surface area contributed by atoms with Crippen LogP contribution in [0.25, 0.3) is 0 Å². The number of nitrogens with zero attached hydrogens (tertiary/aromatic N) is 3. The Morgan fingerprint density at radius 1 is 1.09 bits per heavy atom. The topological polar surface area (TPSA) is 107 Å². The first-order valence-electron chi connectivity index (χ1n) is 11.0. The van der Waals surface area contributed by atoms with Crippen molar-refractivity contribution in [3.8, 4) is 0 Å². The minimum Gasteiger partial charge on any atom is -0.380 e. The molecule has 166 valence electrons. The summed E-state index contributed by atoms with van der Waals surface area (Å²) in [4.78, 5) is 44.7. The van der Waals surface area contributed by atoms with E-state index in [1.54, 1.807) is 4.90 Å². The number of nitrogens with one attached hydrogen (secondary N) is 3. The number of amides is 3. The zero-order valence-electron chi connectivity index (χ0n) is 17.8. The van der Waals surface area contributed by atoms with Crippen LogP contribution in [0.5, 0.6) is 0 Å². The van der Waals surface area contributed by atoms with Crippen LogP contribution in [0.3, 0.4) is 0 Å². The molecule has 3 amide bonds. The summed E-state index contributed by atoms with van der Waals surface area (Å²) in [6, 6.07) is 7.30. The average molecular weight is 435 g/mol. The standard InChI is InChI=1S/C23H26N6O3/c30-21-4-3-20(22(31)27-21)29-14-16-9-15(1-2-19(16)23(29)32)11-26-17-10-18(13-25-12-17)28-7-5-24-6-8-28/h1-2,9-10,12-13,20,24,26H,3-8,11,14H2,(H,27,30,31). The van der Waals surface area contributed by atoms with Crippen molar-refractivity contribution >= 4 is 29.1 Å². The molecule has 0 saturated carbocycles. The van der Waals surface area contributed by atoms with Crippen molar-refractivity contribution in [2.45, 2.75) is 32.0 Å². The fourth-order valence-corrected chi connectivity index (χ4v) is 4.56. The second-order valence-corrected chi connectivity index (χ2v) is 8.41. The summed E-state index contributed by atoms with van der Waals surface area (Å²) in [6.45, 7) is 4.87. The number of anilines is 2. The molecule has 3 aliphatic heterocycles. The number of carbonyl (C=O) groups excluding carboxylic acids is 3. The molecule has 1 unspecified atom stereocenters. The molecule has 2 fully saturated rings. The Bertz CT molecular complexity index is 1070. The third-order valence-electron chi connectivity index (χ3n) is 6.29. The van der Waals surface area contributed by atoms with E-state index in [1.165, 1.54) is 0 Å². The van der Waals surface area contributed by atoms with E-state index in [9.17, 15) is 14.4 Å². The van der Waals surface area contributed by atoms with E-state index in [2.05, 4.69) is 31.9 Å². The lowest BCUT2D eigenvalue weighted by molar-refractivity contribution is -0.136. The Kier molecular flexibility index (Phi) is 5.48. The van der Waals surface area contributed by atoms with Crippen LogP contribution in [0.2, 0.25) is 0 Å². The molecule has 2 saturated heterocycles. The van der Waals surface area contributed by atoms with Crippen LogP contribution in [0.15, 0.2) is 36.7 Å². The summed E-state index contributed by atoms with van der Waals surface area (Å²) < 4.78 is 0. The van der Waals surface area contributed by atoms with Gasteiger partial charge in [-0.1, -0.05) is 12.1 Å². The molecule has 0 radical (unpaired) electrons. The van der Waals surface area contributed by atoms with Crippen molar-refractivity contribution in [1.82, 2.24) is 20.5 Å². The molecule has 9 nitrogen and oxygen atoms in total. The fourth-order valence-electron chi connectivity index (χ4n) is 4.56. The number of aromatic nitrogens is 1. The number of pyridine rings is 1. The third-order valence-corrected chi connectivity index (χ3v) is 6.29. The number of carbonyl (C=O) groups is 3. The molecule has 5 rings (SSSR count). The van der Waals surface area contributed by atoms with Gasteiger partial charge in [-0.2, -0.15) is 0 Å². The molecular formula is C23H26N6O3. The van der Waals surface area contributed by atoms with Gasteiger partial charge in [0.2, 0.25) is 11.8 Å². The largest absolute Gasteiger partial charge is 0.380 e. The first kappa shape index (κ1) is 20.4. The smallest absolute Gasteiger partial charge is 0.255 e. The van der Waals surface area contributed by atoms with Gasteiger partial charge < -0.3 is 20.4 Å². The van der Waals surface area contributed by atoms with Crippen LogP contribution in [0.1, 0.15) is 34.3 Å². The number of hydrogen-bond acceptors (Lipinski definition) is 7. The molecule has 3 aliphatic rings. The van der Waals surface area contributed by atoms with Crippen molar-refractivity contribution in [2.75, 3.05) is 36.4 Å². The van der Waals surface area contributed by atoms with Crippen molar-refractivity contribution in [3.05, 3.63) is 53.3 Å². The van der Waals surface area contributed by atoms with Crippen LogP contribution in [-0.2, 0) is 22.7 Å². The van der Waals surface area contributed by atoms with Gasteiger partial charge in [-0.25, -0.2) is 0 Å². The lowest BCUT2D eigenvalue weighted by atomic mass is 10.0. The molecule has 9 heteroatoms. The predicted molar refractivity (Wildman–Crippen MR) is 119 cm³/mol. The maximum absolute atomic E-state index is 12.8. The van der Waals surface area contributed by atoms with Gasteiger partial charge in [-0.05, 0) is 29.7 Å². The second kappa shape index (κ2) is 8.58. The first-order valence-corrected chi connectivity index (χ1v) is 11.0. The Labute approximate surface area is 186 Å². The molecule has 32 heavy (non-hydrogen) atoms. The maximum atomic E-state index is 12.8. The van der Waals surface area contributed by atoms with E-state index >= 15 is 0 Å². The minimum atomic E-state index is -0.590. The number of fused-ring (bicyclic) bond motifs is 1. The normalized spacial score (nSPS) is 20.9. The molecule has 3 N–H and O–H groups in total. The van der Waals surface area contributed by atoms with Gasteiger partial charge in [0.25, 0.3) is 5.91 Å². The van der Waals surface area contributed by atoms with Gasteiger partial charge in [0.05, 0.1) is 23.8 Å². The van der Waals surface area contributed by atoms with E-state index in [0.717, 1.165) is 48.7 Å². The summed E-state index contributed by atoms with van der Waals surface area (Å²) >= 11 is 0. The van der Waals surface area contributed by atoms with E-state index in [-0.39, 0.29) is 24.1 Å². The Balaban J connectivity index is 1.25. The quantitative estimate of drug-likeness (QED) is 0.600. The summed E-state index contributed by atoms with van der Waals surface area (Å²) in [6.07, 6.45) is 4.33. The van der Waals surface area contributed by atoms with Crippen molar-refractivity contribution in [3.63, 3.8) is 0 Å². The van der Waals surface area contributed by atoms with Gasteiger partial charge in [0, 0.05) is 51.3 Å². The summed E-state index contributed by atoms with van der Waals surface area (Å²) in [5, 5.41) is 9.12. The highest BCUT2D eigenvalue weighted by Gasteiger charge is 2.39. The van der Waals surface area contributed by atoms with E-state index in [4.69, 9.17) is 0 Å². The fraction of sp³-hybridized carbons (Fsp3) is 0.391. The summed E-state index contributed by atoms with van der Waals surface area (Å²) in [5.41, 5.74) is 4.64. The van der Waals surface area contributed by atoms with Crippen LogP contribution in [0.4, 0.5) is 11.4 Å². The predicted octanol–water partition coefficient (Wildman–Crippen LogP) is 0.864. The lowest BCUT2D eigenvalue weighted by Crippen LogP contribution is -2.52. The average Bonchev–Trinajstić information content (AvgIpc) is 3.14. The molecule has 4 heterocycles. The number of piperazine rings is 1. The van der Waals surface area contributed by atoms with E-state index in [0.29, 0.717) is 25.1 Å². The highest BCUT2D eigenvalue weighted by atomic mass is 16.2. The summed E-state index contributed by atoms with van der Waals surface area (Å²) in [7, 11) is 0. The van der Waals surface area contributed by atoms with Gasteiger partial charge >= 0.3 is 0 Å². The minimum absolute atomic E-state index is 0.151. The second-order valence-electron chi connectivity index (χ2n) is 8.41. The molecule has 0 spiro atoms. The van der Waals surface area contributed by atoms with Crippen LogP contribution >= 0.6 is 0 Å². The molecule has 0 bridgehead atoms. The third kappa shape index (κ3) is 4.03. The number of hydrogen-bond donors (Lipinski definition) is 3. The Morgan fingerprint density at radius 3 is 2.75 bits per heavy atom. The molecule has 1 atom stereocenters. The number of piperidine rings is 1. The molecule has 1 aromatic heterocycles. The molecular weight excluding hydrogens is 408 g/mol. The molecule has 1 aromatic carbocycles. The molecule has 0 aliphatic carbocycles. The van der Waals surface area contributed by atoms with Crippen LogP contribution in [-0.4, -0.2) is 59.8 Å². The Hall–Kier alpha value is -3.46. The van der Waals surface area contributed by atoms with Crippen molar-refractivity contribution in [1.29, 1.82) is 0 Å². The van der Waals surface area contributed by atoms with Gasteiger partial charge in [0.15, 0.2) is 0 Å². The zero-order chi connectivity index (χ0) is 22.1. The molecule has 2 aromatic rings. The zero-order valence-corrected chi connectivity index (χ0v) is 17.8. The SMILES string of the molecule is O=C1CCC(N2Cc3cc(CNc4cncc(N5CCNCC5)c4)ccc3C2=O)C(=O)N1. The first-order chi connectivity index (χ1) is 15.6. The monoisotopic (exact) mass is 434 g/mol. The lowest BCUT2D eigenvalue weighted by Gasteiger charge is -2.29. The highest BCUT2D eigenvalue weighted by Crippen LogP contribution is 2.28.